The summed E-state index contributed by atoms with van der Waals surface area (Å²) in [7, 11) is 1.44. The largest absolute Gasteiger partial charge is 0.469 e. The average Bonchev–Trinajstić information content (AvgIpc) is 1.50. The fraction of sp³-hybridized carbons (Fsp3) is 0.554. The topological polar surface area (TPSA) is 136 Å². The Morgan fingerprint density at radius 2 is 0.848 bits per heavy atom. The van der Waals surface area contributed by atoms with Crippen molar-refractivity contribution in [2.75, 3.05) is 92.3 Å². The molecule has 0 radical (unpaired) electrons. The van der Waals surface area contributed by atoms with Crippen LogP contribution in [0.2, 0.25) is 0 Å². The van der Waals surface area contributed by atoms with Gasteiger partial charge in [-0.15, -0.1) is 0 Å². The second-order valence-corrected chi connectivity index (χ2v) is 37.2. The highest BCUT2D eigenvalue weighted by atomic mass is 19.2. The second-order valence-electron chi connectivity index (χ2n) is 37.2. The molecular formula is C92H110F6N6O8. The Hall–Kier alpha value is -7.91. The van der Waals surface area contributed by atoms with Gasteiger partial charge in [-0.3, -0.25) is 38.7 Å². The van der Waals surface area contributed by atoms with Gasteiger partial charge in [0.25, 0.3) is 0 Å². The Morgan fingerprint density at radius 1 is 0.455 bits per heavy atom. The number of amides is 3. The minimum absolute atomic E-state index is 0.00757. The maximum atomic E-state index is 14.9. The standard InChI is InChI=1S/C32H38F2N2O3.C32H40F2N2O3.C28H32F2N2O2/c1-5-39-30(38)27-26-21-8-6-7-9-24(21)32(28(26)27)12-14-35(15-13-32)29(37)23-18-36(31(2,3)4)17-22(23)20-11-10-19(33)16-25(20)34;1-19-13-23-24(30(38)39-6)16-32(27(23)14-20(19)2)9-11-35(12-10-32)29(37)26-18-36(31(3,4)5)17-25(26)22-8-7-21(33)15-28(22)34;1-27(2,3)32-15-20(18-9-8-17(29)14-23(18)30)21(16-32)26(33)31-12-10-28(11-13-31)22-7-5-4-6-19(22)24-25(28)34-24/h6-11,16,22-23,26-28H,5,12-15,17-18H2,1-4H3;7-8,13-15,24-26H,9-12,16-18H2,1-6H3;4-9,14,20-21,24-25H,10-13,15-16H2,1-3H3/t22-,23+,26+,27+,28+;24?,25-,26+;20-,21+,24?,25?/m000/s1. The number of carbonyl (C=O) groups excluding carboxylic acids is 5. The molecule has 6 aromatic carbocycles. The van der Waals surface area contributed by atoms with Crippen LogP contribution in [0.5, 0.6) is 0 Å². The lowest BCUT2D eigenvalue weighted by molar-refractivity contribution is -0.146. The van der Waals surface area contributed by atoms with E-state index in [9.17, 15) is 50.3 Å². The van der Waals surface area contributed by atoms with Crippen LogP contribution in [0.1, 0.15) is 211 Å². The molecule has 598 valence electrons. The number of rotatable bonds is 9. The zero-order chi connectivity index (χ0) is 79.8. The fourth-order valence-electron chi connectivity index (χ4n) is 21.9. The normalized spacial score (nSPS) is 27.9. The first-order valence-electron chi connectivity index (χ1n) is 40.8. The van der Waals surface area contributed by atoms with Crippen LogP contribution in [0.3, 0.4) is 0 Å². The summed E-state index contributed by atoms with van der Waals surface area (Å²) in [6.07, 6.45) is 6.09. The highest BCUT2D eigenvalue weighted by Crippen LogP contribution is 2.72. The summed E-state index contributed by atoms with van der Waals surface area (Å²) < 4.78 is 102. The summed E-state index contributed by atoms with van der Waals surface area (Å²) in [6, 6.07) is 32.6. The number of halogens is 6. The number of epoxide rings is 1. The van der Waals surface area contributed by atoms with Crippen molar-refractivity contribution in [3.8, 4) is 0 Å². The lowest BCUT2D eigenvalue weighted by atomic mass is 9.69. The van der Waals surface area contributed by atoms with Gasteiger partial charge in [0.2, 0.25) is 17.7 Å². The highest BCUT2D eigenvalue weighted by molar-refractivity contribution is 5.84. The number of methoxy groups -OCH3 is 1. The van der Waals surface area contributed by atoms with Crippen LogP contribution in [-0.4, -0.2) is 174 Å². The maximum absolute atomic E-state index is 14.9. The molecule has 6 aromatic rings. The maximum Gasteiger partial charge on any atom is 0.313 e. The van der Waals surface area contributed by atoms with Crippen molar-refractivity contribution in [1.82, 2.24) is 29.4 Å². The molecule has 7 heterocycles. The Bertz CT molecular complexity index is 4640. The minimum atomic E-state index is -0.612. The van der Waals surface area contributed by atoms with Gasteiger partial charge in [0, 0.05) is 153 Å². The molecule has 0 N–H and O–H groups in total. The van der Waals surface area contributed by atoms with E-state index in [1.165, 1.54) is 76.9 Å². The number of benzene rings is 6. The van der Waals surface area contributed by atoms with Crippen molar-refractivity contribution in [3.05, 3.63) is 211 Å². The number of piperidine rings is 3. The number of hydrogen-bond acceptors (Lipinski definition) is 11. The third-order valence-corrected chi connectivity index (χ3v) is 28.4. The van der Waals surface area contributed by atoms with Crippen LogP contribution in [-0.2, 0) is 54.4 Å². The van der Waals surface area contributed by atoms with E-state index in [-0.39, 0.29) is 122 Å². The number of ether oxygens (including phenoxy) is 3. The molecule has 11 aliphatic rings. The van der Waals surface area contributed by atoms with E-state index in [4.69, 9.17) is 14.2 Å². The van der Waals surface area contributed by atoms with Gasteiger partial charge in [-0.25, -0.2) is 26.3 Å². The third-order valence-electron chi connectivity index (χ3n) is 28.4. The van der Waals surface area contributed by atoms with E-state index in [0.717, 1.165) is 67.9 Å². The van der Waals surface area contributed by atoms with Crippen LogP contribution < -0.4 is 0 Å². The van der Waals surface area contributed by atoms with Crippen molar-refractivity contribution in [3.63, 3.8) is 0 Å². The molecule has 20 heteroatoms. The zero-order valence-corrected chi connectivity index (χ0v) is 67.3. The van der Waals surface area contributed by atoms with Gasteiger partial charge in [0.1, 0.15) is 41.0 Å². The Balaban J connectivity index is 0.000000133. The molecule has 7 saturated heterocycles. The van der Waals surface area contributed by atoms with Crippen LogP contribution in [0, 0.1) is 78.3 Å². The van der Waals surface area contributed by atoms with E-state index < -0.39 is 46.7 Å². The van der Waals surface area contributed by atoms with E-state index in [1.54, 1.807) is 0 Å². The van der Waals surface area contributed by atoms with Gasteiger partial charge in [-0.05, 0) is 213 Å². The van der Waals surface area contributed by atoms with Gasteiger partial charge in [0.05, 0.1) is 49.4 Å². The predicted octanol–water partition coefficient (Wildman–Crippen LogP) is 15.7. The Kier molecular flexibility index (Phi) is 21.1. The number of esters is 2. The van der Waals surface area contributed by atoms with Gasteiger partial charge >= 0.3 is 11.9 Å². The molecule has 14 nitrogen and oxygen atoms in total. The molecule has 3 amide bonds. The monoisotopic (exact) mass is 1540 g/mol. The highest BCUT2D eigenvalue weighted by Gasteiger charge is 2.71. The van der Waals surface area contributed by atoms with Crippen LogP contribution in [0.25, 0.3) is 0 Å². The lowest BCUT2D eigenvalue weighted by Gasteiger charge is -2.43. The van der Waals surface area contributed by atoms with E-state index in [1.807, 2.05) is 27.7 Å². The first-order valence-corrected chi connectivity index (χ1v) is 40.8. The number of fused-ring (bicyclic) bond motifs is 12. The van der Waals surface area contributed by atoms with Crippen molar-refractivity contribution >= 4 is 29.7 Å². The second kappa shape index (κ2) is 29.7. The van der Waals surface area contributed by atoms with Gasteiger partial charge in [0.15, 0.2) is 0 Å². The van der Waals surface area contributed by atoms with Gasteiger partial charge < -0.3 is 28.9 Å². The Labute approximate surface area is 656 Å². The smallest absolute Gasteiger partial charge is 0.313 e. The fourth-order valence-corrected chi connectivity index (χ4v) is 21.9. The van der Waals surface area contributed by atoms with E-state index in [2.05, 4.69) is 145 Å². The van der Waals surface area contributed by atoms with Crippen LogP contribution in [0.4, 0.5) is 26.3 Å². The summed E-state index contributed by atoms with van der Waals surface area (Å²) in [5.41, 5.74) is 10.5. The number of likely N-dealkylation sites (tertiary alicyclic amines) is 6. The minimum Gasteiger partial charge on any atom is -0.469 e. The molecule has 8 fully saturated rings. The summed E-state index contributed by atoms with van der Waals surface area (Å²) >= 11 is 0. The molecular weight excluding hydrogens is 1430 g/mol. The summed E-state index contributed by atoms with van der Waals surface area (Å²) in [6.45, 7) is 32.5. The summed E-state index contributed by atoms with van der Waals surface area (Å²) in [5.74, 6) is -5.70. The molecule has 0 aromatic heterocycles. The van der Waals surface area contributed by atoms with Crippen molar-refractivity contribution in [2.45, 2.75) is 203 Å². The molecule has 3 spiro atoms. The quantitative estimate of drug-likeness (QED) is 0.0777. The Morgan fingerprint density at radius 3 is 1.26 bits per heavy atom. The van der Waals surface area contributed by atoms with Crippen molar-refractivity contribution in [1.29, 1.82) is 0 Å². The molecule has 0 bridgehead atoms. The van der Waals surface area contributed by atoms with Crippen LogP contribution in [0.15, 0.2) is 115 Å². The predicted molar refractivity (Wildman–Crippen MR) is 416 cm³/mol. The SMILES string of the molecule is CC(C)(C)N1C[C@@H](C(=O)N2CCC3(CC2)c2ccccc2C2OC23)[C@H](c2ccc(F)cc2F)C1.CCOC(=O)[C@@H]1[C@H]2c3ccccc3C3(CCN(C(=O)[C@@H]4CN(C(C)(C)C)C[C@H]4c4ccc(F)cc4F)CC3)[C@@H]12.COC(=O)C1CC2(CCN(C(=O)[C@@H]3CN(C(C)(C)C)C[C@H]3c3ccc(F)cc3F)CC2)c2cc(C)c(C)cc21. The zero-order valence-electron chi connectivity index (χ0n) is 67.3. The first-order chi connectivity index (χ1) is 53.1. The number of hydrogen-bond donors (Lipinski definition) is 0. The van der Waals surface area contributed by atoms with E-state index in [0.29, 0.717) is 108 Å². The number of aryl methyl sites for hydroxylation is 2. The molecule has 1 saturated carbocycles. The number of carbonyl (C=O) groups is 5. The van der Waals surface area contributed by atoms with Gasteiger partial charge in [-0.2, -0.15) is 0 Å². The first kappa shape index (κ1) is 79.3. The molecule has 17 rings (SSSR count). The van der Waals surface area contributed by atoms with E-state index >= 15 is 0 Å². The molecule has 7 aliphatic heterocycles. The van der Waals surface area contributed by atoms with Crippen LogP contribution >= 0.6 is 0 Å². The molecule has 3 unspecified atom stereocenters. The lowest BCUT2D eigenvalue weighted by Crippen LogP contribution is -2.49. The summed E-state index contributed by atoms with van der Waals surface area (Å²) in [4.78, 5) is 80.0. The average molecular weight is 1540 g/mol. The molecule has 12 atom stereocenters. The number of nitrogens with zero attached hydrogens (tertiary/aromatic N) is 6. The summed E-state index contributed by atoms with van der Waals surface area (Å²) in [5, 5.41) is 0. The molecule has 4 aliphatic carbocycles. The third kappa shape index (κ3) is 14.2. The van der Waals surface area contributed by atoms with Crippen molar-refractivity contribution in [2.24, 2.45) is 29.6 Å². The van der Waals surface area contributed by atoms with Crippen molar-refractivity contribution < 1.29 is 64.5 Å². The van der Waals surface area contributed by atoms with Gasteiger partial charge in [-0.1, -0.05) is 78.9 Å². The molecule has 112 heavy (non-hydrogen) atoms.